The lowest BCUT2D eigenvalue weighted by molar-refractivity contribution is 0.0525. The van der Waals surface area contributed by atoms with Crippen LogP contribution < -0.4 is 0 Å². The zero-order chi connectivity index (χ0) is 13.7. The van der Waals surface area contributed by atoms with E-state index in [4.69, 9.17) is 4.74 Å². The molecule has 0 aliphatic rings. The molecule has 0 heterocycles. The molecule has 1 aromatic rings. The van der Waals surface area contributed by atoms with Crippen molar-refractivity contribution in [3.05, 3.63) is 34.9 Å². The zero-order valence-corrected chi connectivity index (χ0v) is 12.2. The van der Waals surface area contributed by atoms with E-state index in [9.17, 15) is 4.79 Å². The molecule has 3 nitrogen and oxygen atoms in total. The predicted molar refractivity (Wildman–Crippen MR) is 77.0 cm³/mol. The Morgan fingerprint density at radius 3 is 2.47 bits per heavy atom. The number of nitrogens with zero attached hydrogens (tertiary/aromatic N) is 1. The van der Waals surface area contributed by atoms with Gasteiger partial charge in [-0.25, -0.2) is 4.79 Å². The number of benzene rings is 1. The van der Waals surface area contributed by atoms with E-state index in [0.29, 0.717) is 12.2 Å². The molecule has 4 heteroatoms. The van der Waals surface area contributed by atoms with Gasteiger partial charge in [0, 0.05) is 11.8 Å². The van der Waals surface area contributed by atoms with Gasteiger partial charge < -0.3 is 4.74 Å². The van der Waals surface area contributed by atoms with Crippen molar-refractivity contribution in [2.45, 2.75) is 40.7 Å². The number of aryl methyl sites for hydroxylation is 1. The molecule has 0 aliphatic heterocycles. The van der Waals surface area contributed by atoms with E-state index < -0.39 is 0 Å². The molecule has 1 aromatic carbocycles. The van der Waals surface area contributed by atoms with Crippen LogP contribution in [0.15, 0.2) is 23.2 Å². The second-order valence-corrected chi connectivity index (χ2v) is 4.56. The first-order valence-electron chi connectivity index (χ1n) is 6.28. The smallest absolute Gasteiger partial charge is 0.338 e. The summed E-state index contributed by atoms with van der Waals surface area (Å²) in [5, 5.41) is 0. The number of ether oxygens (including phenoxy) is 1. The minimum atomic E-state index is -0.264. The Bertz CT molecular complexity index is 467. The average Bonchev–Trinajstić information content (AvgIpc) is 2.28. The molecule has 106 valence electrons. The van der Waals surface area contributed by atoms with Crippen molar-refractivity contribution in [2.24, 2.45) is 4.99 Å². The Morgan fingerprint density at radius 2 is 2.00 bits per heavy atom. The first-order chi connectivity index (χ1) is 8.45. The van der Waals surface area contributed by atoms with Crippen LogP contribution in [0.5, 0.6) is 0 Å². The van der Waals surface area contributed by atoms with Crippen LogP contribution in [0, 0.1) is 6.92 Å². The van der Waals surface area contributed by atoms with Gasteiger partial charge in [0.05, 0.1) is 12.2 Å². The van der Waals surface area contributed by atoms with E-state index in [1.807, 2.05) is 45.9 Å². The van der Waals surface area contributed by atoms with Gasteiger partial charge in [-0.05, 0) is 57.9 Å². The van der Waals surface area contributed by atoms with Crippen LogP contribution in [0.1, 0.15) is 49.2 Å². The topological polar surface area (TPSA) is 38.7 Å². The molecule has 0 radical (unpaired) electrons. The van der Waals surface area contributed by atoms with Gasteiger partial charge >= 0.3 is 5.97 Å². The third-order valence-electron chi connectivity index (χ3n) is 2.59. The molecule has 19 heavy (non-hydrogen) atoms. The van der Waals surface area contributed by atoms with Gasteiger partial charge in [0.25, 0.3) is 0 Å². The van der Waals surface area contributed by atoms with Gasteiger partial charge in [0.1, 0.15) is 0 Å². The molecule has 0 saturated heterocycles. The third kappa shape index (κ3) is 4.81. The molecule has 0 bridgehead atoms. The predicted octanol–water partition coefficient (Wildman–Crippen LogP) is 3.54. The van der Waals surface area contributed by atoms with Crippen LogP contribution in [-0.2, 0) is 4.74 Å². The molecular formula is C15H22FNO2. The number of esters is 1. The molecule has 0 saturated carbocycles. The number of carbonyl (C=O) groups is 1. The number of aliphatic imine (C=N–C) groups is 1. The van der Waals surface area contributed by atoms with Gasteiger partial charge in [0.15, 0.2) is 0 Å². The van der Waals surface area contributed by atoms with Crippen molar-refractivity contribution in [1.82, 2.24) is 0 Å². The molecular weight excluding hydrogens is 245 g/mol. The largest absolute Gasteiger partial charge is 0.462 e. The van der Waals surface area contributed by atoms with Crippen LogP contribution in [0.2, 0.25) is 0 Å². The molecule has 0 N–H and O–H groups in total. The highest BCUT2D eigenvalue weighted by Crippen LogP contribution is 2.14. The van der Waals surface area contributed by atoms with E-state index in [0.717, 1.165) is 16.8 Å². The fourth-order valence-corrected chi connectivity index (χ4v) is 1.79. The van der Waals surface area contributed by atoms with Crippen molar-refractivity contribution < 1.29 is 14.2 Å². The van der Waals surface area contributed by atoms with Gasteiger partial charge in [-0.3, -0.25) is 9.70 Å². The van der Waals surface area contributed by atoms with Crippen LogP contribution >= 0.6 is 0 Å². The summed E-state index contributed by atoms with van der Waals surface area (Å²) < 4.78 is 5.00. The minimum absolute atomic E-state index is 0. The second-order valence-electron chi connectivity index (χ2n) is 4.56. The molecule has 0 amide bonds. The van der Waals surface area contributed by atoms with Crippen molar-refractivity contribution in [3.63, 3.8) is 0 Å². The van der Waals surface area contributed by atoms with E-state index in [-0.39, 0.29) is 16.7 Å². The lowest BCUT2D eigenvalue weighted by atomic mass is 10.0. The fourth-order valence-electron chi connectivity index (χ4n) is 1.79. The molecule has 0 spiro atoms. The first kappa shape index (κ1) is 17.3. The Kier molecular flexibility index (Phi) is 6.98. The second kappa shape index (κ2) is 7.67. The van der Waals surface area contributed by atoms with E-state index in [1.54, 1.807) is 6.92 Å². The highest BCUT2D eigenvalue weighted by molar-refractivity contribution is 6.00. The highest BCUT2D eigenvalue weighted by atomic mass is 19.0. The Labute approximate surface area is 114 Å². The molecule has 0 fully saturated rings. The maximum atomic E-state index is 11.7. The summed E-state index contributed by atoms with van der Waals surface area (Å²) in [5.74, 6) is -0.264. The summed E-state index contributed by atoms with van der Waals surface area (Å²) in [6.07, 6.45) is 0. The SMILES string of the molecule is CCOC(=O)c1ccc(C(C)=NC(C)C)cc1C.F. The summed E-state index contributed by atoms with van der Waals surface area (Å²) in [7, 11) is 0. The Balaban J connectivity index is 0.00000324. The average molecular weight is 267 g/mol. The van der Waals surface area contributed by atoms with Gasteiger partial charge in [-0.1, -0.05) is 6.07 Å². The van der Waals surface area contributed by atoms with Crippen LogP contribution in [0.3, 0.4) is 0 Å². The van der Waals surface area contributed by atoms with Crippen molar-refractivity contribution in [1.29, 1.82) is 0 Å². The highest BCUT2D eigenvalue weighted by Gasteiger charge is 2.10. The molecule has 0 atom stereocenters. The van der Waals surface area contributed by atoms with Crippen molar-refractivity contribution in [3.8, 4) is 0 Å². The maximum absolute atomic E-state index is 11.7. The van der Waals surface area contributed by atoms with E-state index >= 15 is 0 Å². The fraction of sp³-hybridized carbons (Fsp3) is 0.467. The quantitative estimate of drug-likeness (QED) is 0.618. The molecule has 0 aliphatic carbocycles. The number of carbonyl (C=O) groups excluding carboxylic acids is 1. The van der Waals surface area contributed by atoms with Gasteiger partial charge in [0.2, 0.25) is 0 Å². The summed E-state index contributed by atoms with van der Waals surface area (Å²) in [6, 6.07) is 5.98. The lowest BCUT2D eigenvalue weighted by Crippen LogP contribution is -2.08. The molecule has 1 rings (SSSR count). The summed E-state index contributed by atoms with van der Waals surface area (Å²) in [6.45, 7) is 10.2. The zero-order valence-electron chi connectivity index (χ0n) is 12.2. The number of hydrogen-bond acceptors (Lipinski definition) is 3. The van der Waals surface area contributed by atoms with Crippen LogP contribution in [-0.4, -0.2) is 24.3 Å². The lowest BCUT2D eigenvalue weighted by Gasteiger charge is -2.08. The van der Waals surface area contributed by atoms with Crippen molar-refractivity contribution in [2.75, 3.05) is 6.61 Å². The Morgan fingerprint density at radius 1 is 1.37 bits per heavy atom. The molecule has 0 aromatic heterocycles. The van der Waals surface area contributed by atoms with Gasteiger partial charge in [-0.2, -0.15) is 0 Å². The summed E-state index contributed by atoms with van der Waals surface area (Å²) in [5.41, 5.74) is 3.58. The monoisotopic (exact) mass is 267 g/mol. The maximum Gasteiger partial charge on any atom is 0.338 e. The van der Waals surface area contributed by atoms with Crippen LogP contribution in [0.4, 0.5) is 4.70 Å². The number of rotatable bonds is 4. The molecule has 0 unspecified atom stereocenters. The summed E-state index contributed by atoms with van der Waals surface area (Å²) in [4.78, 5) is 16.2. The van der Waals surface area contributed by atoms with Gasteiger partial charge in [-0.15, -0.1) is 0 Å². The number of hydrogen-bond donors (Lipinski definition) is 0. The van der Waals surface area contributed by atoms with E-state index in [2.05, 4.69) is 4.99 Å². The summed E-state index contributed by atoms with van der Waals surface area (Å²) >= 11 is 0. The standard InChI is InChI=1S/C15H21NO2.FH/c1-6-18-15(17)14-8-7-13(9-11(14)4)12(5)16-10(2)3;/h7-10H,6H2,1-5H3;1H. The third-order valence-corrected chi connectivity index (χ3v) is 2.59. The number of halogens is 1. The Hall–Kier alpha value is -1.71. The van der Waals surface area contributed by atoms with Crippen molar-refractivity contribution >= 4 is 11.7 Å². The normalized spacial score (nSPS) is 11.2. The minimum Gasteiger partial charge on any atom is -0.462 e. The van der Waals surface area contributed by atoms with Crippen LogP contribution in [0.25, 0.3) is 0 Å². The van der Waals surface area contributed by atoms with E-state index in [1.165, 1.54) is 0 Å². The first-order valence-corrected chi connectivity index (χ1v) is 6.28.